The average molecular weight is 288 g/mol. The molecule has 0 spiro atoms. The molecule has 1 aliphatic heterocycles. The first-order valence-electron chi connectivity index (χ1n) is 6.57. The van der Waals surface area contributed by atoms with Crippen LogP contribution < -0.4 is 0 Å². The van der Waals surface area contributed by atoms with Crippen molar-refractivity contribution in [1.82, 2.24) is 0 Å². The van der Waals surface area contributed by atoms with E-state index in [4.69, 9.17) is 19.6 Å². The van der Waals surface area contributed by atoms with Crippen molar-refractivity contribution < 1.29 is 19.1 Å². The molecule has 0 aliphatic carbocycles. The Balaban J connectivity index is 2.22. The fourth-order valence-electron chi connectivity index (χ4n) is 2.10. The molecule has 2 rings (SSSR count). The molecule has 0 bridgehead atoms. The van der Waals surface area contributed by atoms with Gasteiger partial charge in [-0.2, -0.15) is 5.26 Å². The van der Waals surface area contributed by atoms with Gasteiger partial charge in [0.1, 0.15) is 6.61 Å². The minimum atomic E-state index is -1.25. The zero-order valence-electron chi connectivity index (χ0n) is 12.0. The van der Waals surface area contributed by atoms with Gasteiger partial charge >= 0.3 is 5.97 Å². The fraction of sp³-hybridized carbons (Fsp3) is 0.400. The van der Waals surface area contributed by atoms with Crippen molar-refractivity contribution in [2.45, 2.75) is 18.9 Å². The molecule has 1 unspecified atom stereocenters. The summed E-state index contributed by atoms with van der Waals surface area (Å²) in [5, 5.41) is 12.9. The lowest BCUT2D eigenvalue weighted by atomic mass is 9.94. The number of nitriles is 1. The molecule has 1 aromatic carbocycles. The highest BCUT2D eigenvalue weighted by atomic mass is 16.7. The van der Waals surface area contributed by atoms with Crippen LogP contribution in [0, 0.1) is 11.3 Å². The molecule has 110 valence electrons. The molecular weight excluding hydrogens is 272 g/mol. The Bertz CT molecular complexity index is 606. The third kappa shape index (κ3) is 3.03. The first-order valence-corrected chi connectivity index (χ1v) is 6.57. The largest absolute Gasteiger partial charge is 0.466 e. The second-order valence-corrected chi connectivity index (χ2v) is 4.62. The molecule has 0 fully saturated rings. The number of ether oxygens (including phenoxy) is 2. The highest BCUT2D eigenvalue weighted by Gasteiger charge is 2.48. The number of nitrogens with zero attached hydrogens (tertiary/aromatic N) is 2. The van der Waals surface area contributed by atoms with Gasteiger partial charge in [-0.05, 0) is 19.1 Å². The Hall–Kier alpha value is -2.39. The molecule has 0 N–H and O–H groups in total. The van der Waals surface area contributed by atoms with E-state index in [0.29, 0.717) is 17.9 Å². The van der Waals surface area contributed by atoms with Crippen molar-refractivity contribution in [3.63, 3.8) is 0 Å². The molecule has 0 amide bonds. The van der Waals surface area contributed by atoms with Crippen molar-refractivity contribution in [2.75, 3.05) is 20.3 Å². The van der Waals surface area contributed by atoms with Crippen LogP contribution in [0.1, 0.15) is 24.5 Å². The summed E-state index contributed by atoms with van der Waals surface area (Å²) in [6.07, 6.45) is 0.245. The van der Waals surface area contributed by atoms with E-state index >= 15 is 0 Å². The number of carbonyl (C=O) groups is 1. The summed E-state index contributed by atoms with van der Waals surface area (Å²) in [5.74, 6) is -0.522. The topological polar surface area (TPSA) is 80.9 Å². The van der Waals surface area contributed by atoms with Crippen LogP contribution in [0.15, 0.2) is 29.4 Å². The summed E-state index contributed by atoms with van der Waals surface area (Å²) in [6, 6.07) is 9.05. The Kier molecular flexibility index (Phi) is 4.55. The standard InChI is InChI=1S/C15H16N2O4/c1-3-20-10-15(14(18)19-2)8-13(17-21-15)12-6-4-5-11(7-12)9-16/h4-7H,3,8,10H2,1-2H3. The average Bonchev–Trinajstić information content (AvgIpc) is 2.98. The number of hydrogen-bond acceptors (Lipinski definition) is 6. The van der Waals surface area contributed by atoms with Crippen LogP contribution in [-0.2, 0) is 19.1 Å². The van der Waals surface area contributed by atoms with E-state index < -0.39 is 11.6 Å². The van der Waals surface area contributed by atoms with Crippen LogP contribution in [0.5, 0.6) is 0 Å². The number of carbonyl (C=O) groups excluding carboxylic acids is 1. The fourth-order valence-corrected chi connectivity index (χ4v) is 2.10. The smallest absolute Gasteiger partial charge is 0.356 e. The SMILES string of the molecule is CCOCC1(C(=O)OC)CC(c2cccc(C#N)c2)=NO1. The van der Waals surface area contributed by atoms with Crippen LogP contribution in [0.25, 0.3) is 0 Å². The van der Waals surface area contributed by atoms with Gasteiger partial charge in [0.25, 0.3) is 5.60 Å². The van der Waals surface area contributed by atoms with E-state index in [9.17, 15) is 4.79 Å². The van der Waals surface area contributed by atoms with Crippen molar-refractivity contribution in [3.05, 3.63) is 35.4 Å². The minimum absolute atomic E-state index is 0.0705. The molecule has 0 saturated carbocycles. The number of oxime groups is 1. The normalized spacial score (nSPS) is 20.3. The zero-order valence-corrected chi connectivity index (χ0v) is 12.0. The number of methoxy groups -OCH3 is 1. The highest BCUT2D eigenvalue weighted by Crippen LogP contribution is 2.29. The van der Waals surface area contributed by atoms with E-state index in [-0.39, 0.29) is 13.0 Å². The maximum absolute atomic E-state index is 12.0. The summed E-state index contributed by atoms with van der Waals surface area (Å²) in [7, 11) is 1.30. The third-order valence-corrected chi connectivity index (χ3v) is 3.21. The van der Waals surface area contributed by atoms with Gasteiger partial charge in [-0.25, -0.2) is 4.79 Å². The first-order chi connectivity index (χ1) is 10.1. The highest BCUT2D eigenvalue weighted by molar-refractivity contribution is 6.05. The molecule has 0 saturated heterocycles. The van der Waals surface area contributed by atoms with Gasteiger partial charge in [0.2, 0.25) is 0 Å². The van der Waals surface area contributed by atoms with E-state index in [1.807, 2.05) is 13.0 Å². The second-order valence-electron chi connectivity index (χ2n) is 4.62. The number of hydrogen-bond donors (Lipinski definition) is 0. The molecule has 21 heavy (non-hydrogen) atoms. The van der Waals surface area contributed by atoms with E-state index in [1.54, 1.807) is 18.2 Å². The molecule has 6 heteroatoms. The van der Waals surface area contributed by atoms with Gasteiger partial charge in [0.15, 0.2) is 0 Å². The summed E-state index contributed by atoms with van der Waals surface area (Å²) < 4.78 is 10.1. The Morgan fingerprint density at radius 2 is 2.38 bits per heavy atom. The first kappa shape index (κ1) is 15.0. The summed E-state index contributed by atoms with van der Waals surface area (Å²) in [5.41, 5.74) is 0.618. The van der Waals surface area contributed by atoms with E-state index in [1.165, 1.54) is 7.11 Å². The van der Waals surface area contributed by atoms with Crippen LogP contribution in [0.3, 0.4) is 0 Å². The van der Waals surface area contributed by atoms with Gasteiger partial charge in [-0.3, -0.25) is 0 Å². The van der Waals surface area contributed by atoms with Crippen LogP contribution in [0.4, 0.5) is 0 Å². The summed E-state index contributed by atoms with van der Waals surface area (Å²) in [4.78, 5) is 17.3. The maximum atomic E-state index is 12.0. The number of esters is 1. The Labute approximate surface area is 122 Å². The monoisotopic (exact) mass is 288 g/mol. The maximum Gasteiger partial charge on any atom is 0.356 e. The second kappa shape index (κ2) is 6.37. The molecule has 1 aromatic rings. The molecule has 0 radical (unpaired) electrons. The molecular formula is C15H16N2O4. The predicted molar refractivity (Wildman–Crippen MR) is 74.6 cm³/mol. The number of rotatable bonds is 5. The quantitative estimate of drug-likeness (QED) is 0.769. The molecule has 0 aromatic heterocycles. The van der Waals surface area contributed by atoms with Gasteiger partial charge in [0, 0.05) is 18.6 Å². The van der Waals surface area contributed by atoms with Crippen molar-refractivity contribution in [2.24, 2.45) is 5.16 Å². The van der Waals surface area contributed by atoms with Crippen molar-refractivity contribution >= 4 is 11.7 Å². The van der Waals surface area contributed by atoms with Crippen LogP contribution in [0.2, 0.25) is 0 Å². The molecule has 1 atom stereocenters. The van der Waals surface area contributed by atoms with Gasteiger partial charge < -0.3 is 14.3 Å². The van der Waals surface area contributed by atoms with Gasteiger partial charge in [0.05, 0.1) is 24.5 Å². The summed E-state index contributed by atoms with van der Waals surface area (Å²) >= 11 is 0. The Morgan fingerprint density at radius 1 is 1.57 bits per heavy atom. The Morgan fingerprint density at radius 3 is 3.05 bits per heavy atom. The van der Waals surface area contributed by atoms with E-state index in [2.05, 4.69) is 11.2 Å². The number of benzene rings is 1. The zero-order chi connectivity index (χ0) is 15.3. The van der Waals surface area contributed by atoms with Crippen molar-refractivity contribution in [3.8, 4) is 6.07 Å². The van der Waals surface area contributed by atoms with Gasteiger partial charge in [-0.15, -0.1) is 0 Å². The third-order valence-electron chi connectivity index (χ3n) is 3.21. The molecule has 1 aliphatic rings. The molecule has 6 nitrogen and oxygen atoms in total. The van der Waals surface area contributed by atoms with Gasteiger partial charge in [-0.1, -0.05) is 17.3 Å². The summed E-state index contributed by atoms with van der Waals surface area (Å²) in [6.45, 7) is 2.36. The lowest BCUT2D eigenvalue weighted by Crippen LogP contribution is -2.44. The van der Waals surface area contributed by atoms with E-state index in [0.717, 1.165) is 5.56 Å². The predicted octanol–water partition coefficient (Wildman–Crippen LogP) is 1.63. The van der Waals surface area contributed by atoms with Crippen LogP contribution in [-0.4, -0.2) is 37.6 Å². The minimum Gasteiger partial charge on any atom is -0.466 e. The van der Waals surface area contributed by atoms with Crippen molar-refractivity contribution in [1.29, 1.82) is 5.26 Å². The van der Waals surface area contributed by atoms with Crippen LogP contribution >= 0.6 is 0 Å². The lowest BCUT2D eigenvalue weighted by Gasteiger charge is -2.22. The molecule has 1 heterocycles. The lowest BCUT2D eigenvalue weighted by molar-refractivity contribution is -0.173.